The maximum atomic E-state index is 11.9. The molecule has 2 heterocycles. The zero-order valence-corrected chi connectivity index (χ0v) is 11.7. The fourth-order valence-corrected chi connectivity index (χ4v) is 2.14. The minimum atomic E-state index is -0.401. The van der Waals surface area contributed by atoms with Crippen LogP contribution in [0.3, 0.4) is 0 Å². The maximum Gasteiger partial charge on any atom is 0.415 e. The lowest BCUT2D eigenvalue weighted by Crippen LogP contribution is -2.41. The van der Waals surface area contributed by atoms with Crippen LogP contribution >= 0.6 is 0 Å². The van der Waals surface area contributed by atoms with E-state index in [1.807, 2.05) is 32.1 Å². The molecule has 0 spiro atoms. The maximum absolute atomic E-state index is 11.9. The molecular weight excluding hydrogens is 240 g/mol. The molecule has 19 heavy (non-hydrogen) atoms. The van der Waals surface area contributed by atoms with Gasteiger partial charge in [-0.25, -0.2) is 4.79 Å². The van der Waals surface area contributed by atoms with E-state index in [-0.39, 0.29) is 6.09 Å². The van der Waals surface area contributed by atoms with Crippen LogP contribution in [0.25, 0.3) is 6.08 Å². The van der Waals surface area contributed by atoms with Crippen LogP contribution in [-0.4, -0.2) is 28.1 Å². The van der Waals surface area contributed by atoms with Crippen molar-refractivity contribution in [3.8, 4) is 0 Å². The Morgan fingerprint density at radius 1 is 1.47 bits per heavy atom. The number of amides is 1. The average Bonchev–Trinajstić information content (AvgIpc) is 2.59. The Hall–Kier alpha value is -1.84. The third kappa shape index (κ3) is 2.78. The van der Waals surface area contributed by atoms with Crippen LogP contribution in [0.1, 0.15) is 39.2 Å². The monoisotopic (exact) mass is 260 g/mol. The van der Waals surface area contributed by atoms with E-state index in [4.69, 9.17) is 4.74 Å². The molecule has 1 amide bonds. The van der Waals surface area contributed by atoms with E-state index >= 15 is 0 Å². The van der Waals surface area contributed by atoms with Gasteiger partial charge in [0.05, 0.1) is 5.54 Å². The van der Waals surface area contributed by atoms with Gasteiger partial charge in [-0.15, -0.1) is 0 Å². The predicted octanol–water partition coefficient (Wildman–Crippen LogP) is 3.45. The molecular formula is C15H20N2O2. The van der Waals surface area contributed by atoms with E-state index in [2.05, 4.69) is 11.9 Å². The zero-order valence-electron chi connectivity index (χ0n) is 11.7. The summed E-state index contributed by atoms with van der Waals surface area (Å²) in [6, 6.07) is 3.81. The van der Waals surface area contributed by atoms with Crippen LogP contribution in [0.5, 0.6) is 0 Å². The Bertz CT molecular complexity index is 480. The molecule has 2 rings (SSSR count). The van der Waals surface area contributed by atoms with Crippen LogP contribution in [0, 0.1) is 0 Å². The van der Waals surface area contributed by atoms with Gasteiger partial charge in [0.15, 0.2) is 0 Å². The quantitative estimate of drug-likeness (QED) is 0.832. The van der Waals surface area contributed by atoms with Crippen molar-refractivity contribution in [2.24, 2.45) is 0 Å². The van der Waals surface area contributed by atoms with E-state index in [0.717, 1.165) is 24.9 Å². The minimum absolute atomic E-state index is 0.256. The van der Waals surface area contributed by atoms with Crippen molar-refractivity contribution in [2.45, 2.75) is 39.2 Å². The van der Waals surface area contributed by atoms with Crippen LogP contribution in [0.4, 0.5) is 4.79 Å². The molecule has 0 unspecified atom stereocenters. The number of rotatable bonds is 4. The number of hydrogen-bond donors (Lipinski definition) is 0. The van der Waals surface area contributed by atoms with E-state index in [1.54, 1.807) is 17.3 Å². The third-order valence-corrected chi connectivity index (χ3v) is 3.41. The van der Waals surface area contributed by atoms with E-state index in [9.17, 15) is 4.79 Å². The topological polar surface area (TPSA) is 42.4 Å². The molecule has 1 aliphatic rings. The molecule has 0 bridgehead atoms. The molecule has 0 atom stereocenters. The first-order valence-corrected chi connectivity index (χ1v) is 6.67. The normalized spacial score (nSPS) is 19.8. The summed E-state index contributed by atoms with van der Waals surface area (Å²) >= 11 is 0. The number of pyridine rings is 1. The largest absolute Gasteiger partial charge is 0.415 e. The molecule has 1 fully saturated rings. The second-order valence-electron chi connectivity index (χ2n) is 5.23. The summed E-state index contributed by atoms with van der Waals surface area (Å²) < 4.78 is 5.41. The Kier molecular flexibility index (Phi) is 3.88. The Morgan fingerprint density at radius 2 is 2.26 bits per heavy atom. The molecule has 1 aromatic rings. The third-order valence-electron chi connectivity index (χ3n) is 3.41. The van der Waals surface area contributed by atoms with Crippen molar-refractivity contribution in [1.29, 1.82) is 0 Å². The van der Waals surface area contributed by atoms with E-state index in [1.165, 1.54) is 0 Å². The number of carbonyl (C=O) groups excluding carboxylic acids is 1. The van der Waals surface area contributed by atoms with Crippen molar-refractivity contribution in [1.82, 2.24) is 9.88 Å². The lowest BCUT2D eigenvalue weighted by molar-refractivity contribution is 0.156. The minimum Gasteiger partial charge on any atom is -0.412 e. The van der Waals surface area contributed by atoms with Crippen molar-refractivity contribution < 1.29 is 9.53 Å². The molecule has 0 aromatic carbocycles. The number of carbonyl (C=O) groups is 1. The van der Waals surface area contributed by atoms with Crippen molar-refractivity contribution >= 4 is 12.2 Å². The van der Waals surface area contributed by atoms with E-state index < -0.39 is 5.54 Å². The van der Waals surface area contributed by atoms with Gasteiger partial charge in [-0.3, -0.25) is 9.88 Å². The highest BCUT2D eigenvalue weighted by Gasteiger charge is 2.44. The van der Waals surface area contributed by atoms with Gasteiger partial charge in [-0.1, -0.05) is 19.4 Å². The SMILES string of the molecule is CCCCN1C(=O)O/C(=C\c2cccnc2)C1(C)C. The van der Waals surface area contributed by atoms with Gasteiger partial charge in [0, 0.05) is 18.9 Å². The average molecular weight is 260 g/mol. The second-order valence-corrected chi connectivity index (χ2v) is 5.23. The lowest BCUT2D eigenvalue weighted by Gasteiger charge is -2.28. The summed E-state index contributed by atoms with van der Waals surface area (Å²) in [5.74, 6) is 0.682. The van der Waals surface area contributed by atoms with Crippen LogP contribution in [-0.2, 0) is 4.74 Å². The molecule has 0 radical (unpaired) electrons. The summed E-state index contributed by atoms with van der Waals surface area (Å²) in [7, 11) is 0. The number of hydrogen-bond acceptors (Lipinski definition) is 3. The number of cyclic esters (lactones) is 1. The molecule has 1 aliphatic heterocycles. The highest BCUT2D eigenvalue weighted by Crippen LogP contribution is 2.34. The highest BCUT2D eigenvalue weighted by atomic mass is 16.6. The Morgan fingerprint density at radius 3 is 2.89 bits per heavy atom. The summed E-state index contributed by atoms with van der Waals surface area (Å²) in [4.78, 5) is 17.8. The zero-order chi connectivity index (χ0) is 13.9. The highest BCUT2D eigenvalue weighted by molar-refractivity contribution is 5.76. The molecule has 0 aliphatic carbocycles. The van der Waals surface area contributed by atoms with Gasteiger partial charge in [0.1, 0.15) is 5.76 Å². The van der Waals surface area contributed by atoms with Gasteiger partial charge in [0.2, 0.25) is 0 Å². The molecule has 0 saturated carbocycles. The first-order valence-electron chi connectivity index (χ1n) is 6.67. The van der Waals surface area contributed by atoms with Crippen molar-refractivity contribution in [3.63, 3.8) is 0 Å². The molecule has 4 nitrogen and oxygen atoms in total. The van der Waals surface area contributed by atoms with Gasteiger partial charge >= 0.3 is 6.09 Å². The van der Waals surface area contributed by atoms with Gasteiger partial charge in [-0.05, 0) is 38.0 Å². The molecule has 1 saturated heterocycles. The number of unbranched alkanes of at least 4 members (excludes halogenated alkanes) is 1. The lowest BCUT2D eigenvalue weighted by atomic mass is 9.99. The number of nitrogens with zero attached hydrogens (tertiary/aromatic N) is 2. The van der Waals surface area contributed by atoms with Crippen LogP contribution < -0.4 is 0 Å². The summed E-state index contributed by atoms with van der Waals surface area (Å²) in [6.45, 7) is 6.86. The summed E-state index contributed by atoms with van der Waals surface area (Å²) in [5.41, 5.74) is 0.540. The Labute approximate surface area is 114 Å². The fourth-order valence-electron chi connectivity index (χ4n) is 2.14. The van der Waals surface area contributed by atoms with Gasteiger partial charge < -0.3 is 4.74 Å². The fraction of sp³-hybridized carbons (Fsp3) is 0.467. The first-order chi connectivity index (χ1) is 9.05. The van der Waals surface area contributed by atoms with Crippen molar-refractivity contribution in [3.05, 3.63) is 35.8 Å². The van der Waals surface area contributed by atoms with Crippen LogP contribution in [0.15, 0.2) is 30.3 Å². The van der Waals surface area contributed by atoms with Crippen LogP contribution in [0.2, 0.25) is 0 Å². The molecule has 102 valence electrons. The molecule has 1 aromatic heterocycles. The molecule has 4 heteroatoms. The van der Waals surface area contributed by atoms with Gasteiger partial charge in [0.25, 0.3) is 0 Å². The summed E-state index contributed by atoms with van der Waals surface area (Å²) in [5, 5.41) is 0. The van der Waals surface area contributed by atoms with Gasteiger partial charge in [-0.2, -0.15) is 0 Å². The van der Waals surface area contributed by atoms with E-state index in [0.29, 0.717) is 5.76 Å². The standard InChI is InChI=1S/C15H20N2O2/c1-4-5-9-17-14(18)19-13(15(17,2)3)10-12-7-6-8-16-11-12/h6-8,10-11H,4-5,9H2,1-3H3/b13-10-. The number of aromatic nitrogens is 1. The smallest absolute Gasteiger partial charge is 0.412 e. The molecule has 0 N–H and O–H groups in total. The first kappa shape index (κ1) is 13.6. The Balaban J connectivity index is 2.24. The summed E-state index contributed by atoms with van der Waals surface area (Å²) in [6.07, 6.45) is 7.15. The van der Waals surface area contributed by atoms with Crippen molar-refractivity contribution in [2.75, 3.05) is 6.54 Å². The second kappa shape index (κ2) is 5.43. The number of ether oxygens (including phenoxy) is 1. The predicted molar refractivity (Wildman–Crippen MR) is 74.4 cm³/mol.